The SMILES string of the molecule is O=C(Nc1cnc2[nH]c(CNC[C@H]3CCCO3)cc2c1)c1ccccc1Br. The molecule has 27 heavy (non-hydrogen) atoms. The fraction of sp³-hybridized carbons (Fsp3) is 0.300. The Bertz CT molecular complexity index is 950. The van der Waals surface area contributed by atoms with E-state index in [-0.39, 0.29) is 5.91 Å². The Morgan fingerprint density at radius 3 is 3.04 bits per heavy atom. The Morgan fingerprint density at radius 2 is 2.22 bits per heavy atom. The van der Waals surface area contributed by atoms with Crippen molar-refractivity contribution >= 4 is 38.6 Å². The van der Waals surface area contributed by atoms with E-state index in [1.54, 1.807) is 12.3 Å². The Labute approximate surface area is 165 Å². The topological polar surface area (TPSA) is 79.0 Å². The number of H-pyrrole nitrogens is 1. The van der Waals surface area contributed by atoms with Crippen molar-refractivity contribution in [1.82, 2.24) is 15.3 Å². The average Bonchev–Trinajstić information content (AvgIpc) is 3.31. The lowest BCUT2D eigenvalue weighted by atomic mass is 10.2. The molecule has 3 N–H and O–H groups in total. The van der Waals surface area contributed by atoms with Gasteiger partial charge >= 0.3 is 0 Å². The maximum atomic E-state index is 12.4. The van der Waals surface area contributed by atoms with E-state index in [0.29, 0.717) is 17.4 Å². The molecule has 1 aliphatic rings. The molecule has 1 aliphatic heterocycles. The molecule has 0 radical (unpaired) electrons. The van der Waals surface area contributed by atoms with Gasteiger partial charge in [-0.2, -0.15) is 0 Å². The Balaban J connectivity index is 1.41. The van der Waals surface area contributed by atoms with E-state index < -0.39 is 0 Å². The summed E-state index contributed by atoms with van der Waals surface area (Å²) in [6, 6.07) is 11.3. The first kappa shape index (κ1) is 18.2. The molecule has 6 nitrogen and oxygen atoms in total. The number of fused-ring (bicyclic) bond motifs is 1. The van der Waals surface area contributed by atoms with Crippen molar-refractivity contribution in [3.8, 4) is 0 Å². The minimum atomic E-state index is -0.169. The van der Waals surface area contributed by atoms with Gasteiger partial charge in [0, 0.05) is 35.2 Å². The zero-order valence-corrected chi connectivity index (χ0v) is 16.4. The number of rotatable bonds is 6. The molecule has 0 spiro atoms. The number of anilines is 1. The zero-order valence-electron chi connectivity index (χ0n) is 14.8. The van der Waals surface area contributed by atoms with E-state index in [2.05, 4.69) is 42.6 Å². The smallest absolute Gasteiger partial charge is 0.256 e. The van der Waals surface area contributed by atoms with Gasteiger partial charge in [0.25, 0.3) is 5.91 Å². The predicted octanol–water partition coefficient (Wildman–Crippen LogP) is 3.85. The van der Waals surface area contributed by atoms with Crippen LogP contribution in [0.1, 0.15) is 28.9 Å². The molecule has 1 atom stereocenters. The number of benzene rings is 1. The summed E-state index contributed by atoms with van der Waals surface area (Å²) in [7, 11) is 0. The molecule has 4 rings (SSSR count). The second-order valence-electron chi connectivity index (χ2n) is 6.66. The standard InChI is InChI=1S/C20H21BrN4O2/c21-18-6-2-1-5-17(18)20(26)25-15-9-13-8-14(24-19(13)23-11-15)10-22-12-16-4-3-7-27-16/h1-2,5-6,8-9,11,16,22H,3-4,7,10,12H2,(H,23,24)(H,25,26)/t16-/m1/s1. The molecule has 0 aliphatic carbocycles. The van der Waals surface area contributed by atoms with E-state index in [0.717, 1.165) is 53.7 Å². The number of nitrogens with one attached hydrogen (secondary N) is 3. The number of aromatic nitrogens is 2. The van der Waals surface area contributed by atoms with Crippen molar-refractivity contribution in [3.63, 3.8) is 0 Å². The number of hydrogen-bond donors (Lipinski definition) is 3. The van der Waals surface area contributed by atoms with Crippen LogP contribution >= 0.6 is 15.9 Å². The molecule has 0 bridgehead atoms. The van der Waals surface area contributed by atoms with Gasteiger partial charge in [0.15, 0.2) is 0 Å². The van der Waals surface area contributed by atoms with Crippen molar-refractivity contribution < 1.29 is 9.53 Å². The minimum absolute atomic E-state index is 0.169. The normalized spacial score (nSPS) is 16.7. The van der Waals surface area contributed by atoms with E-state index in [4.69, 9.17) is 4.74 Å². The molecule has 1 amide bonds. The first-order valence-electron chi connectivity index (χ1n) is 9.05. The first-order valence-corrected chi connectivity index (χ1v) is 9.84. The summed E-state index contributed by atoms with van der Waals surface area (Å²) < 4.78 is 6.38. The highest BCUT2D eigenvalue weighted by Gasteiger charge is 2.15. The summed E-state index contributed by atoms with van der Waals surface area (Å²) in [4.78, 5) is 20.2. The number of hydrogen-bond acceptors (Lipinski definition) is 4. The molecule has 0 saturated carbocycles. The van der Waals surface area contributed by atoms with Crippen LogP contribution in [-0.2, 0) is 11.3 Å². The summed E-state index contributed by atoms with van der Waals surface area (Å²) in [6.07, 6.45) is 4.27. The van der Waals surface area contributed by atoms with Crippen LogP contribution in [0.15, 0.2) is 47.1 Å². The summed E-state index contributed by atoms with van der Waals surface area (Å²) in [6.45, 7) is 2.46. The molecule has 2 aromatic heterocycles. The minimum Gasteiger partial charge on any atom is -0.377 e. The third kappa shape index (κ3) is 4.37. The summed E-state index contributed by atoms with van der Waals surface area (Å²) in [5, 5.41) is 7.29. The summed E-state index contributed by atoms with van der Waals surface area (Å²) >= 11 is 3.40. The van der Waals surface area contributed by atoms with Crippen LogP contribution in [-0.4, -0.2) is 35.1 Å². The lowest BCUT2D eigenvalue weighted by Crippen LogP contribution is -2.25. The summed E-state index contributed by atoms with van der Waals surface area (Å²) in [5.41, 5.74) is 3.12. The van der Waals surface area contributed by atoms with Crippen molar-refractivity contribution in [2.24, 2.45) is 0 Å². The van der Waals surface area contributed by atoms with Crippen LogP contribution < -0.4 is 10.6 Å². The van der Waals surface area contributed by atoms with Crippen molar-refractivity contribution in [3.05, 3.63) is 58.3 Å². The third-order valence-electron chi connectivity index (χ3n) is 4.61. The highest BCUT2D eigenvalue weighted by Crippen LogP contribution is 2.21. The number of carbonyl (C=O) groups excluding carboxylic acids is 1. The average molecular weight is 429 g/mol. The van der Waals surface area contributed by atoms with E-state index in [1.165, 1.54) is 0 Å². The molecule has 140 valence electrons. The lowest BCUT2D eigenvalue weighted by molar-refractivity contribution is 0.102. The monoisotopic (exact) mass is 428 g/mol. The quantitative estimate of drug-likeness (QED) is 0.556. The molecule has 3 aromatic rings. The number of aromatic amines is 1. The fourth-order valence-electron chi connectivity index (χ4n) is 3.25. The second kappa shape index (κ2) is 8.21. The largest absolute Gasteiger partial charge is 0.377 e. The number of ether oxygens (including phenoxy) is 1. The van der Waals surface area contributed by atoms with Gasteiger partial charge in [0.1, 0.15) is 5.65 Å². The third-order valence-corrected chi connectivity index (χ3v) is 5.31. The van der Waals surface area contributed by atoms with Crippen LogP contribution in [0.5, 0.6) is 0 Å². The van der Waals surface area contributed by atoms with Gasteiger partial charge in [-0.05, 0) is 53.0 Å². The van der Waals surface area contributed by atoms with Gasteiger partial charge in [-0.1, -0.05) is 12.1 Å². The second-order valence-corrected chi connectivity index (χ2v) is 7.51. The molecular formula is C20H21BrN4O2. The molecule has 1 aromatic carbocycles. The number of nitrogens with zero attached hydrogens (tertiary/aromatic N) is 1. The van der Waals surface area contributed by atoms with Gasteiger partial charge in [0.05, 0.1) is 23.6 Å². The van der Waals surface area contributed by atoms with Crippen LogP contribution in [0, 0.1) is 0 Å². The Kier molecular flexibility index (Phi) is 5.52. The predicted molar refractivity (Wildman–Crippen MR) is 109 cm³/mol. The first-order chi connectivity index (χ1) is 13.2. The molecule has 7 heteroatoms. The molecule has 0 unspecified atom stereocenters. The van der Waals surface area contributed by atoms with Gasteiger partial charge in [-0.25, -0.2) is 4.98 Å². The van der Waals surface area contributed by atoms with E-state index >= 15 is 0 Å². The highest BCUT2D eigenvalue weighted by atomic mass is 79.9. The lowest BCUT2D eigenvalue weighted by Gasteiger charge is -2.09. The highest BCUT2D eigenvalue weighted by molar-refractivity contribution is 9.10. The van der Waals surface area contributed by atoms with Gasteiger partial charge < -0.3 is 20.4 Å². The molecular weight excluding hydrogens is 408 g/mol. The van der Waals surface area contributed by atoms with E-state index in [1.807, 2.05) is 24.3 Å². The molecule has 1 saturated heterocycles. The van der Waals surface area contributed by atoms with Gasteiger partial charge in [-0.3, -0.25) is 4.79 Å². The summed E-state index contributed by atoms with van der Waals surface area (Å²) in [5.74, 6) is -0.169. The van der Waals surface area contributed by atoms with Crippen LogP contribution in [0.2, 0.25) is 0 Å². The van der Waals surface area contributed by atoms with Crippen molar-refractivity contribution in [2.75, 3.05) is 18.5 Å². The number of pyridine rings is 1. The van der Waals surface area contributed by atoms with Crippen molar-refractivity contribution in [1.29, 1.82) is 0 Å². The van der Waals surface area contributed by atoms with Crippen LogP contribution in [0.4, 0.5) is 5.69 Å². The molecule has 3 heterocycles. The maximum Gasteiger partial charge on any atom is 0.256 e. The van der Waals surface area contributed by atoms with Crippen molar-refractivity contribution in [2.45, 2.75) is 25.5 Å². The van der Waals surface area contributed by atoms with Gasteiger partial charge in [-0.15, -0.1) is 0 Å². The van der Waals surface area contributed by atoms with Gasteiger partial charge in [0.2, 0.25) is 0 Å². The number of carbonyl (C=O) groups is 1. The Hall–Kier alpha value is -2.22. The van der Waals surface area contributed by atoms with Crippen LogP contribution in [0.25, 0.3) is 11.0 Å². The Morgan fingerprint density at radius 1 is 1.33 bits per heavy atom. The number of halogens is 1. The molecule has 1 fully saturated rings. The number of amides is 1. The zero-order chi connectivity index (χ0) is 18.6. The fourth-order valence-corrected chi connectivity index (χ4v) is 3.72. The van der Waals surface area contributed by atoms with E-state index in [9.17, 15) is 4.79 Å². The maximum absolute atomic E-state index is 12.4. The van der Waals surface area contributed by atoms with Crippen LogP contribution in [0.3, 0.4) is 0 Å².